The average molecular weight is 415 g/mol. The summed E-state index contributed by atoms with van der Waals surface area (Å²) in [6, 6.07) is 30.4. The van der Waals surface area contributed by atoms with Crippen molar-refractivity contribution in [3.63, 3.8) is 0 Å². The molecule has 0 aromatic heterocycles. The van der Waals surface area contributed by atoms with Crippen molar-refractivity contribution in [1.29, 1.82) is 0 Å². The molecule has 0 saturated heterocycles. The lowest BCUT2D eigenvalue weighted by Gasteiger charge is -2.40. The fourth-order valence-corrected chi connectivity index (χ4v) is 3.95. The molecule has 1 nitrogen and oxygen atoms in total. The SMILES string of the molecule is O=CC1(C=Cc2ccccc2)C=CC=CC1(C=Cc1ccccc1)C=Cc1ccccc1. The smallest absolute Gasteiger partial charge is 0.135 e. The van der Waals surface area contributed by atoms with E-state index in [-0.39, 0.29) is 0 Å². The maximum atomic E-state index is 12.7. The molecule has 0 fully saturated rings. The average Bonchev–Trinajstić information content (AvgIpc) is 2.87. The molecular formula is C31H26O. The van der Waals surface area contributed by atoms with E-state index in [1.165, 1.54) is 0 Å². The van der Waals surface area contributed by atoms with E-state index >= 15 is 0 Å². The summed E-state index contributed by atoms with van der Waals surface area (Å²) in [4.78, 5) is 12.7. The first kappa shape index (κ1) is 21.3. The third-order valence-electron chi connectivity index (χ3n) is 5.85. The summed E-state index contributed by atoms with van der Waals surface area (Å²) in [5, 5.41) is 0. The first-order valence-electron chi connectivity index (χ1n) is 10.8. The second-order valence-corrected chi connectivity index (χ2v) is 7.93. The quantitative estimate of drug-likeness (QED) is 0.368. The molecule has 1 unspecified atom stereocenters. The van der Waals surface area contributed by atoms with E-state index in [1.54, 1.807) is 0 Å². The van der Waals surface area contributed by atoms with Crippen LogP contribution in [0.3, 0.4) is 0 Å². The van der Waals surface area contributed by atoms with Gasteiger partial charge in [0.1, 0.15) is 6.29 Å². The van der Waals surface area contributed by atoms with Crippen LogP contribution in [0.4, 0.5) is 0 Å². The van der Waals surface area contributed by atoms with Crippen LogP contribution in [0, 0.1) is 10.8 Å². The lowest BCUT2D eigenvalue weighted by Crippen LogP contribution is -2.37. The van der Waals surface area contributed by atoms with Crippen LogP contribution >= 0.6 is 0 Å². The van der Waals surface area contributed by atoms with Crippen molar-refractivity contribution in [2.45, 2.75) is 0 Å². The van der Waals surface area contributed by atoms with Gasteiger partial charge in [0.25, 0.3) is 0 Å². The number of hydrogen-bond acceptors (Lipinski definition) is 1. The molecule has 0 spiro atoms. The van der Waals surface area contributed by atoms with Crippen molar-refractivity contribution in [2.75, 3.05) is 0 Å². The van der Waals surface area contributed by atoms with Crippen molar-refractivity contribution in [3.8, 4) is 0 Å². The molecule has 0 bridgehead atoms. The lowest BCUT2D eigenvalue weighted by atomic mass is 9.61. The Morgan fingerprint density at radius 3 is 1.19 bits per heavy atom. The topological polar surface area (TPSA) is 17.1 Å². The summed E-state index contributed by atoms with van der Waals surface area (Å²) in [5.41, 5.74) is 1.74. The molecule has 1 heteroatoms. The van der Waals surface area contributed by atoms with Crippen LogP contribution in [0.5, 0.6) is 0 Å². The summed E-state index contributed by atoms with van der Waals surface area (Å²) >= 11 is 0. The fourth-order valence-electron chi connectivity index (χ4n) is 3.95. The highest BCUT2D eigenvalue weighted by Gasteiger charge is 2.44. The van der Waals surface area contributed by atoms with Crippen LogP contribution in [-0.4, -0.2) is 6.29 Å². The molecule has 32 heavy (non-hydrogen) atoms. The van der Waals surface area contributed by atoms with Gasteiger partial charge in [-0.05, 0) is 16.7 Å². The Balaban J connectivity index is 1.82. The summed E-state index contributed by atoms with van der Waals surface area (Å²) in [5.74, 6) is 0. The molecule has 1 atom stereocenters. The van der Waals surface area contributed by atoms with Gasteiger partial charge in [-0.15, -0.1) is 0 Å². The number of benzene rings is 3. The lowest BCUT2D eigenvalue weighted by molar-refractivity contribution is -0.114. The van der Waals surface area contributed by atoms with Crippen molar-refractivity contribution in [2.24, 2.45) is 10.8 Å². The molecular weight excluding hydrogens is 388 g/mol. The van der Waals surface area contributed by atoms with Crippen LogP contribution in [0.25, 0.3) is 18.2 Å². The Morgan fingerprint density at radius 1 is 0.469 bits per heavy atom. The molecule has 0 amide bonds. The zero-order valence-corrected chi connectivity index (χ0v) is 17.9. The van der Waals surface area contributed by atoms with Gasteiger partial charge in [-0.3, -0.25) is 0 Å². The Kier molecular flexibility index (Phi) is 6.57. The molecule has 4 rings (SSSR count). The van der Waals surface area contributed by atoms with Crippen LogP contribution in [-0.2, 0) is 4.79 Å². The minimum absolute atomic E-state index is 0.652. The van der Waals surface area contributed by atoms with E-state index in [1.807, 2.05) is 97.1 Å². The van der Waals surface area contributed by atoms with Crippen LogP contribution in [0.15, 0.2) is 134 Å². The Hall–Kier alpha value is -3.97. The van der Waals surface area contributed by atoms with Gasteiger partial charge < -0.3 is 4.79 Å². The van der Waals surface area contributed by atoms with E-state index in [0.29, 0.717) is 0 Å². The Morgan fingerprint density at radius 2 is 0.812 bits per heavy atom. The van der Waals surface area contributed by atoms with Gasteiger partial charge in [0.15, 0.2) is 0 Å². The van der Waals surface area contributed by atoms with Crippen molar-refractivity contribution in [1.82, 2.24) is 0 Å². The normalized spacial score (nSPS) is 22.8. The second-order valence-electron chi connectivity index (χ2n) is 7.93. The van der Waals surface area contributed by atoms with E-state index in [4.69, 9.17) is 0 Å². The largest absolute Gasteiger partial charge is 0.302 e. The number of hydrogen-bond donors (Lipinski definition) is 0. The van der Waals surface area contributed by atoms with E-state index < -0.39 is 10.8 Å². The molecule has 1 aliphatic carbocycles. The van der Waals surface area contributed by atoms with Gasteiger partial charge >= 0.3 is 0 Å². The molecule has 3 aromatic carbocycles. The predicted molar refractivity (Wildman–Crippen MR) is 136 cm³/mol. The first-order valence-corrected chi connectivity index (χ1v) is 10.8. The predicted octanol–water partition coefficient (Wildman–Crippen LogP) is 7.42. The highest BCUT2D eigenvalue weighted by molar-refractivity contribution is 5.76. The van der Waals surface area contributed by atoms with Crippen molar-refractivity contribution < 1.29 is 4.79 Å². The number of allylic oxidation sites excluding steroid dienone is 7. The van der Waals surface area contributed by atoms with E-state index in [9.17, 15) is 4.79 Å². The first-order chi connectivity index (χ1) is 15.8. The number of carbonyl (C=O) groups is 1. The Bertz CT molecular complexity index is 1120. The second kappa shape index (κ2) is 9.89. The molecule has 1 aliphatic rings. The third kappa shape index (κ3) is 4.68. The highest BCUT2D eigenvalue weighted by Crippen LogP contribution is 2.48. The minimum Gasteiger partial charge on any atom is -0.302 e. The molecule has 156 valence electrons. The summed E-state index contributed by atoms with van der Waals surface area (Å²) < 4.78 is 0. The maximum absolute atomic E-state index is 12.7. The Labute approximate surface area is 190 Å². The number of aldehydes is 1. The molecule has 3 aromatic rings. The van der Waals surface area contributed by atoms with Crippen LogP contribution < -0.4 is 0 Å². The summed E-state index contributed by atoms with van der Waals surface area (Å²) in [6.45, 7) is 0. The van der Waals surface area contributed by atoms with Gasteiger partial charge in [0, 0.05) is 5.41 Å². The van der Waals surface area contributed by atoms with Crippen LogP contribution in [0.2, 0.25) is 0 Å². The third-order valence-corrected chi connectivity index (χ3v) is 5.85. The van der Waals surface area contributed by atoms with Gasteiger partial charge in [0.2, 0.25) is 0 Å². The van der Waals surface area contributed by atoms with Gasteiger partial charge in [0.05, 0.1) is 5.41 Å². The van der Waals surface area contributed by atoms with E-state index in [2.05, 4.69) is 54.6 Å². The standard InChI is InChI=1S/C31H26O/c32-26-31(25-20-29-16-8-3-9-17-29)22-11-10-21-30(31,23-18-27-12-4-1-5-13-27)24-19-28-14-6-2-7-15-28/h1-26H. The highest BCUT2D eigenvalue weighted by atomic mass is 16.1. The molecule has 0 saturated carbocycles. The van der Waals surface area contributed by atoms with Crippen molar-refractivity contribution in [3.05, 3.63) is 150 Å². The zero-order chi connectivity index (χ0) is 22.1. The summed E-state index contributed by atoms with van der Waals surface area (Å²) in [6.07, 6.45) is 21.6. The van der Waals surface area contributed by atoms with Crippen molar-refractivity contribution >= 4 is 24.5 Å². The number of carbonyl (C=O) groups excluding carboxylic acids is 1. The molecule has 0 aliphatic heterocycles. The molecule has 0 radical (unpaired) electrons. The van der Waals surface area contributed by atoms with Crippen LogP contribution in [0.1, 0.15) is 16.7 Å². The fraction of sp³-hybridized carbons (Fsp3) is 0.0645. The van der Waals surface area contributed by atoms with Gasteiger partial charge in [-0.25, -0.2) is 0 Å². The zero-order valence-electron chi connectivity index (χ0n) is 17.9. The monoisotopic (exact) mass is 414 g/mol. The maximum Gasteiger partial charge on any atom is 0.135 e. The van der Waals surface area contributed by atoms with Gasteiger partial charge in [-0.1, -0.05) is 152 Å². The minimum atomic E-state index is -0.853. The van der Waals surface area contributed by atoms with Gasteiger partial charge in [-0.2, -0.15) is 0 Å². The molecule has 0 heterocycles. The number of rotatable bonds is 7. The summed E-state index contributed by atoms with van der Waals surface area (Å²) in [7, 11) is 0. The van der Waals surface area contributed by atoms with E-state index in [0.717, 1.165) is 23.0 Å². The molecule has 0 N–H and O–H groups in total.